The average Bonchev–Trinajstić information content (AvgIpc) is 3.31. The van der Waals surface area contributed by atoms with Crippen molar-refractivity contribution >= 4 is 21.4 Å². The number of sulfone groups is 1. The number of benzene rings is 2. The molecule has 0 aliphatic carbocycles. The summed E-state index contributed by atoms with van der Waals surface area (Å²) in [6.45, 7) is 0.813. The van der Waals surface area contributed by atoms with E-state index in [1.54, 1.807) is 36.3 Å². The molecule has 2 unspecified atom stereocenters. The van der Waals surface area contributed by atoms with Crippen LogP contribution in [0.5, 0.6) is 17.2 Å². The molecule has 158 valence electrons. The van der Waals surface area contributed by atoms with Crippen LogP contribution in [-0.2, 0) is 21.2 Å². The number of hydrogen-bond donors (Lipinski definition) is 0. The molecule has 0 aromatic heterocycles. The number of piperazine rings is 1. The van der Waals surface area contributed by atoms with Crippen LogP contribution in [0.25, 0.3) is 0 Å². The molecule has 1 amide bonds. The Hall–Kier alpha value is -2.78. The molecule has 2 aromatic rings. The lowest BCUT2D eigenvalue weighted by Gasteiger charge is -2.43. The predicted octanol–water partition coefficient (Wildman–Crippen LogP) is 1.44. The average molecular weight is 430 g/mol. The molecule has 2 fully saturated rings. The van der Waals surface area contributed by atoms with E-state index in [1.165, 1.54) is 0 Å². The van der Waals surface area contributed by atoms with Gasteiger partial charge in [-0.2, -0.15) is 0 Å². The lowest BCUT2D eigenvalue weighted by Crippen LogP contribution is -2.61. The highest BCUT2D eigenvalue weighted by Crippen LogP contribution is 2.36. The van der Waals surface area contributed by atoms with Gasteiger partial charge < -0.3 is 19.1 Å². The van der Waals surface area contributed by atoms with Gasteiger partial charge in [0.2, 0.25) is 12.7 Å². The second-order valence-electron chi connectivity index (χ2n) is 7.77. The maximum absolute atomic E-state index is 13.1. The fourth-order valence-electron chi connectivity index (χ4n) is 4.48. The summed E-state index contributed by atoms with van der Waals surface area (Å²) in [6, 6.07) is 12.1. The molecule has 3 aliphatic heterocycles. The summed E-state index contributed by atoms with van der Waals surface area (Å²) >= 11 is 0. The summed E-state index contributed by atoms with van der Waals surface area (Å²) in [7, 11) is -1.67. The van der Waals surface area contributed by atoms with Crippen LogP contribution in [0.15, 0.2) is 42.5 Å². The van der Waals surface area contributed by atoms with Crippen molar-refractivity contribution < 1.29 is 27.4 Å². The molecule has 2 saturated heterocycles. The molecular formula is C21H22N2O6S. The molecule has 9 heteroatoms. The molecule has 2 aromatic carbocycles. The van der Waals surface area contributed by atoms with Crippen LogP contribution in [0.1, 0.15) is 5.56 Å². The fraction of sp³-hybridized carbons (Fsp3) is 0.381. The van der Waals surface area contributed by atoms with Crippen molar-refractivity contribution in [2.45, 2.75) is 18.6 Å². The Bertz CT molecular complexity index is 1090. The van der Waals surface area contributed by atoms with Crippen molar-refractivity contribution in [2.24, 2.45) is 0 Å². The second-order valence-corrected chi connectivity index (χ2v) is 9.92. The van der Waals surface area contributed by atoms with Crippen LogP contribution in [0.4, 0.5) is 5.69 Å². The molecular weight excluding hydrogens is 408 g/mol. The quantitative estimate of drug-likeness (QED) is 0.726. The number of amides is 1. The Labute approximate surface area is 174 Å². The summed E-state index contributed by atoms with van der Waals surface area (Å²) < 4.78 is 41.0. The number of fused-ring (bicyclic) bond motifs is 2. The van der Waals surface area contributed by atoms with Gasteiger partial charge in [0.15, 0.2) is 21.3 Å². The molecule has 0 N–H and O–H groups in total. The van der Waals surface area contributed by atoms with Crippen LogP contribution in [-0.4, -0.2) is 63.3 Å². The molecule has 0 bridgehead atoms. The topological polar surface area (TPSA) is 85.4 Å². The van der Waals surface area contributed by atoms with Crippen molar-refractivity contribution in [2.75, 3.05) is 36.9 Å². The molecule has 3 heterocycles. The van der Waals surface area contributed by atoms with E-state index >= 15 is 0 Å². The van der Waals surface area contributed by atoms with Gasteiger partial charge in [0.1, 0.15) is 5.75 Å². The van der Waals surface area contributed by atoms with E-state index in [9.17, 15) is 13.2 Å². The molecule has 0 saturated carbocycles. The Kier molecular flexibility index (Phi) is 4.59. The highest BCUT2D eigenvalue weighted by Gasteiger charge is 2.49. The molecule has 3 aliphatic rings. The lowest BCUT2D eigenvalue weighted by atomic mass is 10.0. The van der Waals surface area contributed by atoms with Crippen molar-refractivity contribution in [1.82, 2.24) is 4.90 Å². The number of hydrogen-bond acceptors (Lipinski definition) is 7. The first-order chi connectivity index (χ1) is 14.4. The van der Waals surface area contributed by atoms with Crippen molar-refractivity contribution in [3.63, 3.8) is 0 Å². The SMILES string of the molecule is COc1ccc(N2C(=O)CN(Cc3ccc4c(c3)OCO4)C3CS(=O)(=O)CC32)cc1. The molecule has 0 radical (unpaired) electrons. The van der Waals surface area contributed by atoms with Crippen LogP contribution in [0, 0.1) is 0 Å². The van der Waals surface area contributed by atoms with E-state index in [1.807, 2.05) is 23.1 Å². The van der Waals surface area contributed by atoms with Crippen LogP contribution < -0.4 is 19.1 Å². The van der Waals surface area contributed by atoms with Gasteiger partial charge in [-0.25, -0.2) is 8.42 Å². The minimum atomic E-state index is -3.25. The summed E-state index contributed by atoms with van der Waals surface area (Å²) in [4.78, 5) is 16.7. The highest BCUT2D eigenvalue weighted by molar-refractivity contribution is 7.91. The third kappa shape index (κ3) is 3.37. The summed E-state index contributed by atoms with van der Waals surface area (Å²) in [5.41, 5.74) is 1.64. The van der Waals surface area contributed by atoms with E-state index in [0.29, 0.717) is 29.5 Å². The van der Waals surface area contributed by atoms with E-state index < -0.39 is 15.9 Å². The second kappa shape index (κ2) is 7.17. The van der Waals surface area contributed by atoms with Gasteiger partial charge in [-0.15, -0.1) is 0 Å². The smallest absolute Gasteiger partial charge is 0.241 e. The monoisotopic (exact) mass is 430 g/mol. The number of ether oxygens (including phenoxy) is 3. The van der Waals surface area contributed by atoms with Gasteiger partial charge in [-0.05, 0) is 42.0 Å². The molecule has 2 atom stereocenters. The molecule has 5 rings (SSSR count). The van der Waals surface area contributed by atoms with Gasteiger partial charge in [0, 0.05) is 18.3 Å². The third-order valence-corrected chi connectivity index (χ3v) is 7.57. The Morgan fingerprint density at radius 3 is 2.53 bits per heavy atom. The zero-order valence-electron chi connectivity index (χ0n) is 16.5. The first-order valence-electron chi connectivity index (χ1n) is 9.73. The Morgan fingerprint density at radius 1 is 1.03 bits per heavy atom. The lowest BCUT2D eigenvalue weighted by molar-refractivity contribution is -0.123. The minimum Gasteiger partial charge on any atom is -0.497 e. The van der Waals surface area contributed by atoms with E-state index in [2.05, 4.69) is 0 Å². The van der Waals surface area contributed by atoms with E-state index in [4.69, 9.17) is 14.2 Å². The first-order valence-corrected chi connectivity index (χ1v) is 11.5. The van der Waals surface area contributed by atoms with Crippen LogP contribution in [0.2, 0.25) is 0 Å². The predicted molar refractivity (Wildman–Crippen MR) is 110 cm³/mol. The first kappa shape index (κ1) is 19.2. The summed E-state index contributed by atoms with van der Waals surface area (Å²) in [5, 5.41) is 0. The van der Waals surface area contributed by atoms with Crippen LogP contribution >= 0.6 is 0 Å². The van der Waals surface area contributed by atoms with Gasteiger partial charge >= 0.3 is 0 Å². The van der Waals surface area contributed by atoms with Crippen LogP contribution in [0.3, 0.4) is 0 Å². The van der Waals surface area contributed by atoms with Crippen molar-refractivity contribution in [1.29, 1.82) is 0 Å². The van der Waals surface area contributed by atoms with Crippen molar-refractivity contribution in [3.8, 4) is 17.2 Å². The largest absolute Gasteiger partial charge is 0.497 e. The molecule has 0 spiro atoms. The maximum Gasteiger partial charge on any atom is 0.241 e. The number of nitrogens with zero attached hydrogens (tertiary/aromatic N) is 2. The van der Waals surface area contributed by atoms with E-state index in [0.717, 1.165) is 5.56 Å². The summed E-state index contributed by atoms with van der Waals surface area (Å²) in [5.74, 6) is 1.95. The highest BCUT2D eigenvalue weighted by atomic mass is 32.2. The zero-order valence-corrected chi connectivity index (χ0v) is 17.3. The summed E-state index contributed by atoms with van der Waals surface area (Å²) in [6.07, 6.45) is 0. The number of anilines is 1. The number of carbonyl (C=O) groups is 1. The van der Waals surface area contributed by atoms with Crippen molar-refractivity contribution in [3.05, 3.63) is 48.0 Å². The van der Waals surface area contributed by atoms with Gasteiger partial charge in [0.25, 0.3) is 0 Å². The van der Waals surface area contributed by atoms with E-state index in [-0.39, 0.29) is 36.8 Å². The third-order valence-electron chi connectivity index (χ3n) is 5.87. The molecule has 30 heavy (non-hydrogen) atoms. The standard InChI is InChI=1S/C21H22N2O6S/c1-27-16-5-3-15(4-6-16)23-18-12-30(25,26)11-17(18)22(10-21(23)24)9-14-2-7-19-20(8-14)29-13-28-19/h2-8,17-18H,9-13H2,1H3. The molecule has 8 nitrogen and oxygen atoms in total. The zero-order chi connectivity index (χ0) is 20.9. The number of carbonyl (C=O) groups excluding carboxylic acids is 1. The maximum atomic E-state index is 13.1. The minimum absolute atomic E-state index is 0.0346. The fourth-order valence-corrected chi connectivity index (χ4v) is 6.46. The number of methoxy groups -OCH3 is 1. The Morgan fingerprint density at radius 2 is 1.77 bits per heavy atom. The number of rotatable bonds is 4. The van der Waals surface area contributed by atoms with Gasteiger partial charge in [-0.3, -0.25) is 9.69 Å². The normalized spacial score (nSPS) is 24.7. The van der Waals surface area contributed by atoms with Gasteiger partial charge in [0.05, 0.1) is 31.2 Å². The Balaban J connectivity index is 1.44. The van der Waals surface area contributed by atoms with Gasteiger partial charge in [-0.1, -0.05) is 6.07 Å².